The molecule has 0 radical (unpaired) electrons. The number of benzene rings is 1. The topological polar surface area (TPSA) is 47.0 Å². The Bertz CT molecular complexity index is 505. The molecular weight excluding hydrogens is 297 g/mol. The van der Waals surface area contributed by atoms with Gasteiger partial charge in [-0.15, -0.1) is 10.2 Å². The van der Waals surface area contributed by atoms with Crippen LogP contribution in [0.15, 0.2) is 22.1 Å². The van der Waals surface area contributed by atoms with Gasteiger partial charge in [-0.25, -0.2) is 4.39 Å². The van der Waals surface area contributed by atoms with Gasteiger partial charge in [-0.05, 0) is 28.1 Å². The highest BCUT2D eigenvalue weighted by Crippen LogP contribution is 2.27. The maximum Gasteiger partial charge on any atom is 0.210 e. The van der Waals surface area contributed by atoms with Crippen LogP contribution < -0.4 is 10.1 Å². The van der Waals surface area contributed by atoms with Crippen molar-refractivity contribution in [3.8, 4) is 5.75 Å². The van der Waals surface area contributed by atoms with E-state index < -0.39 is 5.82 Å². The summed E-state index contributed by atoms with van der Waals surface area (Å²) in [5, 5.41) is 11.3. The van der Waals surface area contributed by atoms with Crippen molar-refractivity contribution in [1.29, 1.82) is 0 Å². The molecule has 0 fully saturated rings. The lowest BCUT2D eigenvalue weighted by atomic mass is 10.3. The van der Waals surface area contributed by atoms with E-state index in [2.05, 4.69) is 31.4 Å². The van der Waals surface area contributed by atoms with Crippen LogP contribution in [0.2, 0.25) is 0 Å². The fraction of sp³-hybridized carbons (Fsp3) is 0.111. The number of hydrogen-bond donors (Lipinski definition) is 1. The molecule has 1 aromatic carbocycles. The summed E-state index contributed by atoms with van der Waals surface area (Å²) in [5.74, 6) is -0.208. The first-order chi connectivity index (χ1) is 7.69. The SMILES string of the molecule is COc1cc(Nc2nnc(Br)s2)ccc1F. The molecule has 84 valence electrons. The van der Waals surface area contributed by atoms with E-state index in [1.807, 2.05) is 0 Å². The molecule has 0 spiro atoms. The van der Waals surface area contributed by atoms with Crippen LogP contribution in [0.4, 0.5) is 15.2 Å². The van der Waals surface area contributed by atoms with E-state index in [1.54, 1.807) is 12.1 Å². The van der Waals surface area contributed by atoms with E-state index in [0.717, 1.165) is 0 Å². The van der Waals surface area contributed by atoms with Gasteiger partial charge in [0.1, 0.15) is 0 Å². The van der Waals surface area contributed by atoms with Crippen LogP contribution in [-0.4, -0.2) is 17.3 Å². The minimum Gasteiger partial charge on any atom is -0.494 e. The number of ether oxygens (including phenoxy) is 1. The van der Waals surface area contributed by atoms with Crippen molar-refractivity contribution in [1.82, 2.24) is 10.2 Å². The lowest BCUT2D eigenvalue weighted by Gasteiger charge is -2.05. The zero-order valence-electron chi connectivity index (χ0n) is 8.20. The zero-order chi connectivity index (χ0) is 11.5. The normalized spacial score (nSPS) is 10.2. The van der Waals surface area contributed by atoms with E-state index in [-0.39, 0.29) is 5.75 Å². The number of hydrogen-bond acceptors (Lipinski definition) is 5. The Balaban J connectivity index is 2.21. The summed E-state index contributed by atoms with van der Waals surface area (Å²) in [5.41, 5.74) is 0.696. The van der Waals surface area contributed by atoms with Crippen LogP contribution in [-0.2, 0) is 0 Å². The third kappa shape index (κ3) is 2.48. The van der Waals surface area contributed by atoms with E-state index in [9.17, 15) is 4.39 Å². The first kappa shape index (κ1) is 11.3. The van der Waals surface area contributed by atoms with E-state index in [4.69, 9.17) is 4.74 Å². The average molecular weight is 304 g/mol. The number of methoxy groups -OCH3 is 1. The molecule has 0 amide bonds. The summed E-state index contributed by atoms with van der Waals surface area (Å²) in [6.45, 7) is 0. The van der Waals surface area contributed by atoms with Gasteiger partial charge in [-0.1, -0.05) is 11.3 Å². The molecular formula is C9H7BrFN3OS. The Labute approximate surface area is 104 Å². The van der Waals surface area contributed by atoms with E-state index in [0.29, 0.717) is 14.7 Å². The van der Waals surface area contributed by atoms with Gasteiger partial charge in [0.2, 0.25) is 5.13 Å². The van der Waals surface area contributed by atoms with Gasteiger partial charge in [-0.2, -0.15) is 0 Å². The van der Waals surface area contributed by atoms with Crippen LogP contribution >= 0.6 is 27.3 Å². The van der Waals surface area contributed by atoms with Crippen molar-refractivity contribution in [2.45, 2.75) is 0 Å². The third-order valence-corrected chi connectivity index (χ3v) is 3.07. The number of rotatable bonds is 3. The fourth-order valence-corrected chi connectivity index (χ4v) is 2.15. The highest BCUT2D eigenvalue weighted by atomic mass is 79.9. The maximum absolute atomic E-state index is 13.1. The molecule has 2 rings (SSSR count). The van der Waals surface area contributed by atoms with Gasteiger partial charge >= 0.3 is 0 Å². The fourth-order valence-electron chi connectivity index (χ4n) is 1.12. The monoisotopic (exact) mass is 303 g/mol. The molecule has 1 aromatic heterocycles. The Kier molecular flexibility index (Phi) is 3.35. The Morgan fingerprint density at radius 1 is 1.44 bits per heavy atom. The summed E-state index contributed by atoms with van der Waals surface area (Å²) in [6.07, 6.45) is 0. The predicted octanol–water partition coefficient (Wildman–Crippen LogP) is 3.19. The number of anilines is 2. The largest absolute Gasteiger partial charge is 0.494 e. The number of halogens is 2. The molecule has 0 aliphatic carbocycles. The molecule has 0 atom stereocenters. The first-order valence-electron chi connectivity index (χ1n) is 4.28. The van der Waals surface area contributed by atoms with Gasteiger partial charge in [0, 0.05) is 11.8 Å². The lowest BCUT2D eigenvalue weighted by molar-refractivity contribution is 0.387. The minimum absolute atomic E-state index is 0.189. The summed E-state index contributed by atoms with van der Waals surface area (Å²) >= 11 is 4.55. The molecule has 0 unspecified atom stereocenters. The lowest BCUT2D eigenvalue weighted by Crippen LogP contribution is -1.93. The molecule has 7 heteroatoms. The summed E-state index contributed by atoms with van der Waals surface area (Å²) in [6, 6.07) is 4.50. The van der Waals surface area contributed by atoms with Gasteiger partial charge in [0.05, 0.1) is 7.11 Å². The van der Waals surface area contributed by atoms with Crippen LogP contribution in [0, 0.1) is 5.82 Å². The van der Waals surface area contributed by atoms with Crippen LogP contribution in [0.3, 0.4) is 0 Å². The minimum atomic E-state index is -0.397. The van der Waals surface area contributed by atoms with Crippen molar-refractivity contribution in [2.24, 2.45) is 0 Å². The molecule has 4 nitrogen and oxygen atoms in total. The third-order valence-electron chi connectivity index (χ3n) is 1.80. The van der Waals surface area contributed by atoms with E-state index >= 15 is 0 Å². The number of aromatic nitrogens is 2. The Morgan fingerprint density at radius 3 is 2.88 bits per heavy atom. The Morgan fingerprint density at radius 2 is 2.25 bits per heavy atom. The predicted molar refractivity (Wildman–Crippen MR) is 63.8 cm³/mol. The van der Waals surface area contributed by atoms with Crippen molar-refractivity contribution in [2.75, 3.05) is 12.4 Å². The molecule has 1 heterocycles. The second kappa shape index (κ2) is 4.75. The summed E-state index contributed by atoms with van der Waals surface area (Å²) in [4.78, 5) is 0. The van der Waals surface area contributed by atoms with Crippen molar-refractivity contribution in [3.63, 3.8) is 0 Å². The maximum atomic E-state index is 13.1. The molecule has 0 saturated heterocycles. The van der Waals surface area contributed by atoms with Crippen molar-refractivity contribution < 1.29 is 9.13 Å². The molecule has 0 bridgehead atoms. The van der Waals surface area contributed by atoms with Gasteiger partial charge in [-0.3, -0.25) is 0 Å². The Hall–Kier alpha value is -1.21. The molecule has 0 saturated carbocycles. The second-order valence-corrected chi connectivity index (χ2v) is 5.09. The van der Waals surface area contributed by atoms with Gasteiger partial charge < -0.3 is 10.1 Å². The van der Waals surface area contributed by atoms with Gasteiger partial charge in [0.15, 0.2) is 15.5 Å². The summed E-state index contributed by atoms with van der Waals surface area (Å²) in [7, 11) is 1.42. The molecule has 1 N–H and O–H groups in total. The number of nitrogens with zero attached hydrogens (tertiary/aromatic N) is 2. The quantitative estimate of drug-likeness (QED) is 0.946. The van der Waals surface area contributed by atoms with E-state index in [1.165, 1.54) is 24.5 Å². The smallest absolute Gasteiger partial charge is 0.210 e. The number of nitrogens with one attached hydrogen (secondary N) is 1. The highest BCUT2D eigenvalue weighted by Gasteiger charge is 2.05. The van der Waals surface area contributed by atoms with Crippen LogP contribution in [0.5, 0.6) is 5.75 Å². The average Bonchev–Trinajstić information content (AvgIpc) is 2.67. The highest BCUT2D eigenvalue weighted by molar-refractivity contribution is 9.11. The molecule has 2 aromatic rings. The van der Waals surface area contributed by atoms with Crippen LogP contribution in [0.1, 0.15) is 0 Å². The van der Waals surface area contributed by atoms with Crippen LogP contribution in [0.25, 0.3) is 0 Å². The molecule has 0 aliphatic rings. The second-order valence-electron chi connectivity index (χ2n) is 2.83. The standard InChI is InChI=1S/C9H7BrFN3OS/c1-15-7-4-5(2-3-6(7)11)12-9-14-13-8(10)16-9/h2-4H,1H3,(H,12,14). The van der Waals surface area contributed by atoms with Crippen molar-refractivity contribution >= 4 is 38.1 Å². The molecule has 0 aliphatic heterocycles. The van der Waals surface area contributed by atoms with Gasteiger partial charge in [0.25, 0.3) is 0 Å². The van der Waals surface area contributed by atoms with Crippen molar-refractivity contribution in [3.05, 3.63) is 27.9 Å². The summed E-state index contributed by atoms with van der Waals surface area (Å²) < 4.78 is 18.7. The molecule has 16 heavy (non-hydrogen) atoms. The first-order valence-corrected chi connectivity index (χ1v) is 5.89. The zero-order valence-corrected chi connectivity index (χ0v) is 10.6.